The van der Waals surface area contributed by atoms with Crippen LogP contribution in [0, 0.1) is 0 Å². The third kappa shape index (κ3) is 3.16. The van der Waals surface area contributed by atoms with Crippen LogP contribution in [0.1, 0.15) is 43.0 Å². The number of carbonyl (C=O) groups excluding carboxylic acids is 2. The Morgan fingerprint density at radius 1 is 1.14 bits per heavy atom. The summed E-state index contributed by atoms with van der Waals surface area (Å²) in [7, 11) is 2.99. The second kappa shape index (κ2) is 7.66. The number of hydrogen-bond acceptors (Lipinski definition) is 6. The molecule has 29 heavy (non-hydrogen) atoms. The van der Waals surface area contributed by atoms with Gasteiger partial charge in [0.25, 0.3) is 11.7 Å². The molecule has 7 heteroatoms. The molecule has 0 radical (unpaired) electrons. The zero-order valence-corrected chi connectivity index (χ0v) is 16.4. The lowest BCUT2D eigenvalue weighted by atomic mass is 9.98. The highest BCUT2D eigenvalue weighted by atomic mass is 16.5. The van der Waals surface area contributed by atoms with Gasteiger partial charge in [-0.3, -0.25) is 9.59 Å². The van der Waals surface area contributed by atoms with E-state index >= 15 is 0 Å². The number of aliphatic hydroxyl groups is 1. The molecule has 1 amide bonds. The maximum atomic E-state index is 13.0. The first-order chi connectivity index (χ1) is 14.1. The number of methoxy groups -OCH3 is 2. The molecule has 1 saturated heterocycles. The second-order valence-electron chi connectivity index (χ2n) is 7.23. The van der Waals surface area contributed by atoms with E-state index < -0.39 is 17.7 Å². The third-order valence-corrected chi connectivity index (χ3v) is 5.67. The van der Waals surface area contributed by atoms with Gasteiger partial charge in [0.1, 0.15) is 29.1 Å². The largest absolute Gasteiger partial charge is 0.507 e. The van der Waals surface area contributed by atoms with Gasteiger partial charge in [-0.15, -0.1) is 0 Å². The number of ketones is 1. The molecule has 2 aliphatic rings. The Hall–Kier alpha value is -3.22. The van der Waals surface area contributed by atoms with Crippen molar-refractivity contribution in [3.05, 3.63) is 53.5 Å². The number of Topliss-reactive ketones (excluding diaryl/α,β-unsaturated/α-hetero) is 1. The Morgan fingerprint density at radius 2 is 1.90 bits per heavy atom. The monoisotopic (exact) mass is 397 g/mol. The SMILES string of the molecule is COc1ccc(/C(O)=C2/C(=O)C(=O)N(C3CCCC3)C2c2ccco2)c(OC)c1. The van der Waals surface area contributed by atoms with Crippen molar-refractivity contribution in [2.24, 2.45) is 0 Å². The van der Waals surface area contributed by atoms with E-state index in [2.05, 4.69) is 0 Å². The summed E-state index contributed by atoms with van der Waals surface area (Å²) in [6.07, 6.45) is 5.17. The van der Waals surface area contributed by atoms with Crippen molar-refractivity contribution in [1.29, 1.82) is 0 Å². The summed E-state index contributed by atoms with van der Waals surface area (Å²) in [5.41, 5.74) is 0.328. The van der Waals surface area contributed by atoms with Gasteiger partial charge >= 0.3 is 0 Å². The predicted octanol–water partition coefficient (Wildman–Crippen LogP) is 3.66. The van der Waals surface area contributed by atoms with E-state index in [1.807, 2.05) is 0 Å². The molecule has 152 valence electrons. The fourth-order valence-electron chi connectivity index (χ4n) is 4.27. The Bertz CT molecular complexity index is 956. The van der Waals surface area contributed by atoms with Crippen LogP contribution in [0.5, 0.6) is 11.5 Å². The second-order valence-corrected chi connectivity index (χ2v) is 7.23. The fraction of sp³-hybridized carbons (Fsp3) is 0.364. The van der Waals surface area contributed by atoms with Crippen LogP contribution in [0.4, 0.5) is 0 Å². The van der Waals surface area contributed by atoms with Gasteiger partial charge in [-0.25, -0.2) is 0 Å². The quantitative estimate of drug-likeness (QED) is 0.471. The summed E-state index contributed by atoms with van der Waals surface area (Å²) >= 11 is 0. The van der Waals surface area contributed by atoms with Gasteiger partial charge in [0.15, 0.2) is 0 Å². The molecule has 2 fully saturated rings. The van der Waals surface area contributed by atoms with Crippen molar-refractivity contribution in [3.63, 3.8) is 0 Å². The van der Waals surface area contributed by atoms with Crippen molar-refractivity contribution < 1.29 is 28.6 Å². The van der Waals surface area contributed by atoms with E-state index in [1.165, 1.54) is 20.5 Å². The van der Waals surface area contributed by atoms with Crippen molar-refractivity contribution >= 4 is 17.4 Å². The number of likely N-dealkylation sites (tertiary alicyclic amines) is 1. The number of benzene rings is 1. The smallest absolute Gasteiger partial charge is 0.296 e. The number of nitrogens with zero attached hydrogens (tertiary/aromatic N) is 1. The van der Waals surface area contributed by atoms with Gasteiger partial charge in [0, 0.05) is 12.1 Å². The molecule has 1 saturated carbocycles. The molecule has 2 heterocycles. The minimum Gasteiger partial charge on any atom is -0.507 e. The van der Waals surface area contributed by atoms with Crippen LogP contribution in [0.2, 0.25) is 0 Å². The first kappa shape index (κ1) is 19.1. The lowest BCUT2D eigenvalue weighted by molar-refractivity contribution is -0.141. The Balaban J connectivity index is 1.88. The highest BCUT2D eigenvalue weighted by molar-refractivity contribution is 6.46. The van der Waals surface area contributed by atoms with Crippen LogP contribution in [0.3, 0.4) is 0 Å². The molecule has 7 nitrogen and oxygen atoms in total. The van der Waals surface area contributed by atoms with E-state index in [0.717, 1.165) is 25.7 Å². The summed E-state index contributed by atoms with van der Waals surface area (Å²) in [6.45, 7) is 0. The lowest BCUT2D eigenvalue weighted by Gasteiger charge is -2.29. The van der Waals surface area contributed by atoms with E-state index in [9.17, 15) is 14.7 Å². The van der Waals surface area contributed by atoms with Gasteiger partial charge < -0.3 is 23.9 Å². The van der Waals surface area contributed by atoms with Crippen LogP contribution in [-0.2, 0) is 9.59 Å². The first-order valence-corrected chi connectivity index (χ1v) is 9.62. The molecule has 1 N–H and O–H groups in total. The normalized spacial score (nSPS) is 21.7. The maximum absolute atomic E-state index is 13.0. The van der Waals surface area contributed by atoms with E-state index in [4.69, 9.17) is 13.9 Å². The Kier molecular flexibility index (Phi) is 5.05. The highest BCUT2D eigenvalue weighted by Gasteiger charge is 2.50. The van der Waals surface area contributed by atoms with Crippen LogP contribution in [0.25, 0.3) is 5.76 Å². The highest BCUT2D eigenvalue weighted by Crippen LogP contribution is 2.44. The average Bonchev–Trinajstić information content (AvgIpc) is 3.49. The molecule has 1 aliphatic carbocycles. The number of furan rings is 1. The molecule has 1 aromatic carbocycles. The molecule has 4 rings (SSSR count). The number of aliphatic hydroxyl groups excluding tert-OH is 1. The van der Waals surface area contributed by atoms with Gasteiger partial charge in [0.05, 0.1) is 31.6 Å². The zero-order valence-electron chi connectivity index (χ0n) is 16.4. The van der Waals surface area contributed by atoms with Crippen molar-refractivity contribution in [2.75, 3.05) is 14.2 Å². The minimum atomic E-state index is -0.764. The van der Waals surface area contributed by atoms with E-state index in [0.29, 0.717) is 22.8 Å². The predicted molar refractivity (Wildman–Crippen MR) is 105 cm³/mol. The number of rotatable bonds is 5. The van der Waals surface area contributed by atoms with Crippen molar-refractivity contribution in [2.45, 2.75) is 37.8 Å². The number of amides is 1. The first-order valence-electron chi connectivity index (χ1n) is 9.62. The number of carbonyl (C=O) groups is 2. The van der Waals surface area contributed by atoms with E-state index in [1.54, 1.807) is 35.2 Å². The molecule has 1 aliphatic heterocycles. The molecular formula is C22H23NO6. The third-order valence-electron chi connectivity index (χ3n) is 5.67. The van der Waals surface area contributed by atoms with E-state index in [-0.39, 0.29) is 17.4 Å². The number of ether oxygens (including phenoxy) is 2. The van der Waals surface area contributed by atoms with Gasteiger partial charge in [-0.05, 0) is 37.1 Å². The maximum Gasteiger partial charge on any atom is 0.296 e. The Labute approximate surface area is 168 Å². The summed E-state index contributed by atoms with van der Waals surface area (Å²) < 4.78 is 16.1. The molecule has 1 atom stereocenters. The van der Waals surface area contributed by atoms with Gasteiger partial charge in [-0.1, -0.05) is 12.8 Å². The van der Waals surface area contributed by atoms with Gasteiger partial charge in [0.2, 0.25) is 0 Å². The van der Waals surface area contributed by atoms with Crippen molar-refractivity contribution in [1.82, 2.24) is 4.90 Å². The summed E-state index contributed by atoms with van der Waals surface area (Å²) in [5.74, 6) is -0.268. The van der Waals surface area contributed by atoms with Crippen LogP contribution >= 0.6 is 0 Å². The molecule has 0 bridgehead atoms. The molecule has 1 aromatic heterocycles. The topological polar surface area (TPSA) is 89.2 Å². The lowest BCUT2D eigenvalue weighted by Crippen LogP contribution is -2.37. The molecule has 0 spiro atoms. The van der Waals surface area contributed by atoms with Gasteiger partial charge in [-0.2, -0.15) is 0 Å². The average molecular weight is 397 g/mol. The van der Waals surface area contributed by atoms with Crippen LogP contribution in [-0.4, -0.2) is 42.0 Å². The number of hydrogen-bond donors (Lipinski definition) is 1. The van der Waals surface area contributed by atoms with Crippen LogP contribution in [0.15, 0.2) is 46.6 Å². The summed E-state index contributed by atoms with van der Waals surface area (Å²) in [6, 6.07) is 7.49. The standard InChI is InChI=1S/C22H23NO6/c1-27-14-9-10-15(17(12-14)28-2)20(24)18-19(16-8-5-11-29-16)23(22(26)21(18)25)13-6-3-4-7-13/h5,8-13,19,24H,3-4,6-7H2,1-2H3/b20-18-. The molecule has 1 unspecified atom stereocenters. The fourth-order valence-corrected chi connectivity index (χ4v) is 4.27. The van der Waals surface area contributed by atoms with Crippen molar-refractivity contribution in [3.8, 4) is 11.5 Å². The minimum absolute atomic E-state index is 0.0142. The zero-order chi connectivity index (χ0) is 20.5. The van der Waals surface area contributed by atoms with Crippen LogP contribution < -0.4 is 9.47 Å². The molecular weight excluding hydrogens is 374 g/mol. The Morgan fingerprint density at radius 3 is 2.52 bits per heavy atom. The summed E-state index contributed by atoms with van der Waals surface area (Å²) in [4.78, 5) is 27.5. The molecule has 2 aromatic rings. The summed E-state index contributed by atoms with van der Waals surface area (Å²) in [5, 5.41) is 11.1.